The van der Waals surface area contributed by atoms with Crippen molar-refractivity contribution >= 4 is 11.9 Å². The quantitative estimate of drug-likeness (QED) is 0.705. The topological polar surface area (TPSA) is 49.8 Å². The van der Waals surface area contributed by atoms with Crippen molar-refractivity contribution in [2.75, 3.05) is 0 Å². The fourth-order valence-electron chi connectivity index (χ4n) is 0.915. The van der Waals surface area contributed by atoms with E-state index in [1.165, 1.54) is 0 Å². The van der Waals surface area contributed by atoms with Crippen molar-refractivity contribution in [3.05, 3.63) is 35.9 Å². The van der Waals surface area contributed by atoms with Gasteiger partial charge in [0, 0.05) is 0 Å². The molecule has 0 amide bonds. The molecule has 1 atom stereocenters. The zero-order valence-corrected chi connectivity index (χ0v) is 7.64. The molecule has 2 nitrogen and oxygen atoms in total. The molecule has 0 heterocycles. The minimum Gasteiger partial charge on any atom is -0.276 e. The van der Waals surface area contributed by atoms with Crippen LogP contribution in [-0.2, 0) is 4.75 Å². The molecule has 0 saturated carbocycles. The first kappa shape index (κ1) is 9.11. The molecule has 1 rings (SSSR count). The molecule has 62 valence electrons. The van der Waals surface area contributed by atoms with E-state index in [-0.39, 0.29) is 0 Å². The Morgan fingerprint density at radius 1 is 1.42 bits per heavy atom. The predicted molar refractivity (Wildman–Crippen MR) is 51.2 cm³/mol. The lowest BCUT2D eigenvalue weighted by atomic mass is 10.0. The summed E-state index contributed by atoms with van der Waals surface area (Å²) in [6, 6.07) is 11.7. The summed E-state index contributed by atoms with van der Waals surface area (Å²) in [5.74, 6) is 0. The molecule has 1 unspecified atom stereocenters. The Labute approximate surface area is 76.5 Å². The van der Waals surface area contributed by atoms with Crippen LogP contribution in [0.25, 0.3) is 0 Å². The van der Waals surface area contributed by atoms with Crippen LogP contribution in [0.15, 0.2) is 30.3 Å². The van der Waals surface area contributed by atoms with Gasteiger partial charge in [-0.15, -0.1) is 0 Å². The van der Waals surface area contributed by atoms with Crippen LogP contribution in [0.5, 0.6) is 0 Å². The van der Waals surface area contributed by atoms with Gasteiger partial charge in [-0.25, -0.2) is 0 Å². The number of hydrogen-bond donors (Lipinski definition) is 1. The number of nitrogens with zero attached hydrogens (tertiary/aromatic N) is 1. The number of hydrogen-bond acceptors (Lipinski definition) is 3. The highest BCUT2D eigenvalue weighted by Gasteiger charge is 2.25. The van der Waals surface area contributed by atoms with Gasteiger partial charge in [0.25, 0.3) is 0 Å². The fraction of sp³-hybridized carbons (Fsp3) is 0.222. The van der Waals surface area contributed by atoms with Crippen molar-refractivity contribution in [3.63, 3.8) is 0 Å². The fourth-order valence-corrected chi connectivity index (χ4v) is 1.24. The third kappa shape index (κ3) is 1.60. The molecular formula is C9H10N2S. The Kier molecular flexibility index (Phi) is 2.74. The van der Waals surface area contributed by atoms with Crippen LogP contribution < -0.4 is 5.14 Å². The Balaban J connectivity index is 3.06. The van der Waals surface area contributed by atoms with Crippen molar-refractivity contribution in [1.29, 1.82) is 5.26 Å². The summed E-state index contributed by atoms with van der Waals surface area (Å²) < 4.78 is -0.624. The van der Waals surface area contributed by atoms with Gasteiger partial charge in [0.05, 0.1) is 6.07 Å². The molecule has 0 aromatic heterocycles. The Morgan fingerprint density at radius 2 is 2.00 bits per heavy atom. The molecule has 3 heteroatoms. The summed E-state index contributed by atoms with van der Waals surface area (Å²) in [5.41, 5.74) is 0.944. The lowest BCUT2D eigenvalue weighted by Crippen LogP contribution is -2.16. The van der Waals surface area contributed by atoms with E-state index in [0.29, 0.717) is 0 Å². The van der Waals surface area contributed by atoms with Crippen LogP contribution in [-0.4, -0.2) is 0 Å². The average molecular weight is 178 g/mol. The largest absolute Gasteiger partial charge is 0.276 e. The maximum Gasteiger partial charge on any atom is 0.138 e. The third-order valence-electron chi connectivity index (χ3n) is 1.77. The summed E-state index contributed by atoms with van der Waals surface area (Å²) >= 11 is 1.06. The lowest BCUT2D eigenvalue weighted by molar-refractivity contribution is 0.896. The highest BCUT2D eigenvalue weighted by Crippen LogP contribution is 2.30. The van der Waals surface area contributed by atoms with Crippen molar-refractivity contribution in [2.24, 2.45) is 5.14 Å². The highest BCUT2D eigenvalue weighted by atomic mass is 32.2. The van der Waals surface area contributed by atoms with E-state index in [1.54, 1.807) is 0 Å². The standard InChI is InChI=1S/C9H10N2S/c1-9(7-10,12-11)8-5-3-2-4-6-8/h2-6H,11H2,1H3. The van der Waals surface area contributed by atoms with Crippen molar-refractivity contribution in [2.45, 2.75) is 11.7 Å². The summed E-state index contributed by atoms with van der Waals surface area (Å²) in [7, 11) is 0. The van der Waals surface area contributed by atoms with E-state index in [0.717, 1.165) is 17.5 Å². The van der Waals surface area contributed by atoms with E-state index in [4.69, 9.17) is 10.4 Å². The maximum atomic E-state index is 8.89. The zero-order valence-electron chi connectivity index (χ0n) is 6.82. The molecule has 1 aromatic carbocycles. The summed E-state index contributed by atoms with van der Waals surface area (Å²) in [5, 5.41) is 14.3. The molecule has 12 heavy (non-hydrogen) atoms. The van der Waals surface area contributed by atoms with Gasteiger partial charge in [-0.05, 0) is 12.5 Å². The first-order valence-corrected chi connectivity index (χ1v) is 4.45. The van der Waals surface area contributed by atoms with E-state index < -0.39 is 4.75 Å². The van der Waals surface area contributed by atoms with E-state index in [1.807, 2.05) is 37.3 Å². The van der Waals surface area contributed by atoms with Crippen molar-refractivity contribution < 1.29 is 0 Å². The molecule has 1 aromatic rings. The lowest BCUT2D eigenvalue weighted by Gasteiger charge is -2.17. The Morgan fingerprint density at radius 3 is 2.42 bits per heavy atom. The molecule has 0 aliphatic rings. The van der Waals surface area contributed by atoms with Gasteiger partial charge in [-0.2, -0.15) is 5.26 Å². The Hall–Kier alpha value is -0.980. The van der Waals surface area contributed by atoms with Gasteiger partial charge in [-0.1, -0.05) is 42.3 Å². The highest BCUT2D eigenvalue weighted by molar-refractivity contribution is 7.98. The van der Waals surface area contributed by atoms with Gasteiger partial charge in [0.1, 0.15) is 4.75 Å². The molecule has 0 spiro atoms. The molecule has 0 bridgehead atoms. The molecular weight excluding hydrogens is 168 g/mol. The monoisotopic (exact) mass is 178 g/mol. The minimum absolute atomic E-state index is 0.624. The number of rotatable bonds is 2. The number of nitriles is 1. The van der Waals surface area contributed by atoms with Gasteiger partial charge in [0.2, 0.25) is 0 Å². The van der Waals surface area contributed by atoms with Gasteiger partial charge < -0.3 is 0 Å². The normalized spacial score (nSPS) is 14.8. The summed E-state index contributed by atoms with van der Waals surface area (Å²) in [6.45, 7) is 1.81. The second kappa shape index (κ2) is 3.61. The van der Waals surface area contributed by atoms with Crippen LogP contribution in [0.1, 0.15) is 12.5 Å². The summed E-state index contributed by atoms with van der Waals surface area (Å²) in [6.07, 6.45) is 0. The van der Waals surface area contributed by atoms with Crippen LogP contribution in [0.4, 0.5) is 0 Å². The molecule has 0 radical (unpaired) electrons. The minimum atomic E-state index is -0.624. The molecule has 0 saturated heterocycles. The second-order valence-corrected chi connectivity index (χ2v) is 3.68. The third-order valence-corrected chi connectivity index (χ3v) is 2.57. The maximum absolute atomic E-state index is 8.89. The SMILES string of the molecule is CC(C#N)(SN)c1ccccc1. The van der Waals surface area contributed by atoms with Crippen LogP contribution in [0.3, 0.4) is 0 Å². The van der Waals surface area contributed by atoms with E-state index >= 15 is 0 Å². The molecule has 0 fully saturated rings. The summed E-state index contributed by atoms with van der Waals surface area (Å²) in [4.78, 5) is 0. The Bertz CT molecular complexity index is 291. The number of benzene rings is 1. The van der Waals surface area contributed by atoms with Gasteiger partial charge in [0.15, 0.2) is 0 Å². The first-order chi connectivity index (χ1) is 5.73. The van der Waals surface area contributed by atoms with E-state index in [9.17, 15) is 0 Å². The average Bonchev–Trinajstić information content (AvgIpc) is 2.18. The van der Waals surface area contributed by atoms with Crippen molar-refractivity contribution in [1.82, 2.24) is 0 Å². The van der Waals surface area contributed by atoms with Crippen molar-refractivity contribution in [3.8, 4) is 6.07 Å². The predicted octanol–water partition coefficient (Wildman–Crippen LogP) is 2.03. The molecule has 0 aliphatic heterocycles. The van der Waals surface area contributed by atoms with Crippen LogP contribution in [0, 0.1) is 11.3 Å². The smallest absolute Gasteiger partial charge is 0.138 e. The second-order valence-electron chi connectivity index (χ2n) is 2.63. The number of nitrogens with two attached hydrogens (primary N) is 1. The molecule has 2 N–H and O–H groups in total. The van der Waals surface area contributed by atoms with Crippen LogP contribution >= 0.6 is 11.9 Å². The van der Waals surface area contributed by atoms with E-state index in [2.05, 4.69) is 6.07 Å². The van der Waals surface area contributed by atoms with Gasteiger partial charge in [-0.3, -0.25) is 5.14 Å². The first-order valence-electron chi connectivity index (χ1n) is 3.57. The molecule has 0 aliphatic carbocycles. The van der Waals surface area contributed by atoms with Gasteiger partial charge >= 0.3 is 0 Å². The van der Waals surface area contributed by atoms with Crippen LogP contribution in [0.2, 0.25) is 0 Å². The zero-order chi connectivity index (χ0) is 9.03.